The Morgan fingerprint density at radius 3 is 2.71 bits per heavy atom. The number of nitrogens with two attached hydrogens (primary N) is 2. The Bertz CT molecular complexity index is 569. The number of primary amides is 1. The number of amides is 2. The van der Waals surface area contributed by atoms with Crippen molar-refractivity contribution in [1.82, 2.24) is 4.90 Å². The van der Waals surface area contributed by atoms with Crippen molar-refractivity contribution in [3.63, 3.8) is 0 Å². The molecule has 1 rings (SSSR count). The Kier molecular flexibility index (Phi) is 6.92. The third kappa shape index (κ3) is 5.21. The van der Waals surface area contributed by atoms with Gasteiger partial charge in [0.25, 0.3) is 5.91 Å². The van der Waals surface area contributed by atoms with Crippen LogP contribution in [0.3, 0.4) is 0 Å². The van der Waals surface area contributed by atoms with Crippen LogP contribution in [0.2, 0.25) is 0 Å². The summed E-state index contributed by atoms with van der Waals surface area (Å²) >= 11 is 1.32. The Balaban J connectivity index is 2.94. The van der Waals surface area contributed by atoms with Gasteiger partial charge in [-0.2, -0.15) is 0 Å². The summed E-state index contributed by atoms with van der Waals surface area (Å²) in [6, 6.07) is 1.80. The summed E-state index contributed by atoms with van der Waals surface area (Å²) in [6.07, 6.45) is 1.78. The summed E-state index contributed by atoms with van der Waals surface area (Å²) in [6.45, 7) is 4.69. The molecule has 0 saturated carbocycles. The first kappa shape index (κ1) is 17.2. The summed E-state index contributed by atoms with van der Waals surface area (Å²) in [7, 11) is 0. The fraction of sp³-hybridized carbons (Fsp3) is 0.467. The highest BCUT2D eigenvalue weighted by Crippen LogP contribution is 2.22. The predicted molar refractivity (Wildman–Crippen MR) is 85.0 cm³/mol. The van der Waals surface area contributed by atoms with Crippen LogP contribution in [0.4, 0.5) is 0 Å². The van der Waals surface area contributed by atoms with E-state index in [1.54, 1.807) is 6.07 Å². The van der Waals surface area contributed by atoms with Gasteiger partial charge in [-0.1, -0.05) is 25.2 Å². The van der Waals surface area contributed by atoms with E-state index in [0.717, 1.165) is 23.3 Å². The third-order valence-corrected chi connectivity index (χ3v) is 3.99. The van der Waals surface area contributed by atoms with Gasteiger partial charge in [0, 0.05) is 6.54 Å². The molecule has 0 unspecified atom stereocenters. The second-order valence-electron chi connectivity index (χ2n) is 4.68. The standard InChI is InChI=1S/C15H21N3O2S/c1-3-4-8-18(10-14(17)19)15(20)13-9-11(2)12(21-13)6-5-7-16/h9H,3-4,7-8,10,16H2,1-2H3,(H2,17,19). The first-order valence-electron chi connectivity index (χ1n) is 6.86. The van der Waals surface area contributed by atoms with Gasteiger partial charge in [0.05, 0.1) is 22.8 Å². The van der Waals surface area contributed by atoms with E-state index < -0.39 is 5.91 Å². The van der Waals surface area contributed by atoms with Gasteiger partial charge in [0.1, 0.15) is 0 Å². The number of unbranched alkanes of at least 4 members (excludes halogenated alkanes) is 1. The van der Waals surface area contributed by atoms with Crippen LogP contribution in [0.15, 0.2) is 6.07 Å². The number of hydrogen-bond acceptors (Lipinski definition) is 4. The highest BCUT2D eigenvalue weighted by molar-refractivity contribution is 7.14. The predicted octanol–water partition coefficient (Wildman–Crippen LogP) is 1.09. The summed E-state index contributed by atoms with van der Waals surface area (Å²) in [5, 5.41) is 0. The molecular formula is C15H21N3O2S. The van der Waals surface area contributed by atoms with Gasteiger partial charge in [-0.3, -0.25) is 9.59 Å². The zero-order valence-electron chi connectivity index (χ0n) is 12.4. The molecule has 0 aliphatic rings. The number of rotatable bonds is 6. The minimum absolute atomic E-state index is 0.0560. The van der Waals surface area contributed by atoms with Crippen LogP contribution in [-0.4, -0.2) is 36.3 Å². The molecule has 1 aromatic heterocycles. The van der Waals surface area contributed by atoms with Crippen molar-refractivity contribution in [1.29, 1.82) is 0 Å². The number of carbonyl (C=O) groups excluding carboxylic acids is 2. The van der Waals surface area contributed by atoms with Gasteiger partial charge in [-0.25, -0.2) is 0 Å². The first-order valence-corrected chi connectivity index (χ1v) is 7.68. The van der Waals surface area contributed by atoms with E-state index in [1.807, 2.05) is 13.8 Å². The minimum Gasteiger partial charge on any atom is -0.368 e. The smallest absolute Gasteiger partial charge is 0.264 e. The molecule has 6 heteroatoms. The zero-order chi connectivity index (χ0) is 15.8. The van der Waals surface area contributed by atoms with Crippen LogP contribution in [0.5, 0.6) is 0 Å². The van der Waals surface area contributed by atoms with Crippen LogP contribution in [0.25, 0.3) is 0 Å². The number of aryl methyl sites for hydroxylation is 1. The van der Waals surface area contributed by atoms with E-state index in [4.69, 9.17) is 11.5 Å². The molecule has 21 heavy (non-hydrogen) atoms. The normalized spacial score (nSPS) is 9.86. The van der Waals surface area contributed by atoms with Crippen molar-refractivity contribution in [2.45, 2.75) is 26.7 Å². The van der Waals surface area contributed by atoms with Gasteiger partial charge >= 0.3 is 0 Å². The van der Waals surface area contributed by atoms with Crippen LogP contribution >= 0.6 is 11.3 Å². The summed E-state index contributed by atoms with van der Waals surface area (Å²) < 4.78 is 0. The molecule has 0 spiro atoms. The number of thiophene rings is 1. The minimum atomic E-state index is -0.504. The molecule has 0 atom stereocenters. The monoisotopic (exact) mass is 307 g/mol. The van der Waals surface area contributed by atoms with Crippen LogP contribution in [0, 0.1) is 18.8 Å². The largest absolute Gasteiger partial charge is 0.368 e. The maximum absolute atomic E-state index is 12.5. The van der Waals surface area contributed by atoms with Gasteiger partial charge in [-0.05, 0) is 25.0 Å². The molecule has 1 aromatic rings. The molecule has 0 aliphatic heterocycles. The summed E-state index contributed by atoms with van der Waals surface area (Å²) in [4.78, 5) is 26.5. The lowest BCUT2D eigenvalue weighted by Crippen LogP contribution is -2.38. The fourth-order valence-corrected chi connectivity index (χ4v) is 2.80. The lowest BCUT2D eigenvalue weighted by atomic mass is 10.2. The third-order valence-electron chi connectivity index (χ3n) is 2.85. The average molecular weight is 307 g/mol. The molecule has 0 aromatic carbocycles. The van der Waals surface area contributed by atoms with Crippen molar-refractivity contribution in [2.24, 2.45) is 11.5 Å². The van der Waals surface area contributed by atoms with E-state index in [1.165, 1.54) is 16.2 Å². The van der Waals surface area contributed by atoms with E-state index in [0.29, 0.717) is 11.4 Å². The quantitative estimate of drug-likeness (QED) is 0.771. The molecule has 0 radical (unpaired) electrons. The Morgan fingerprint density at radius 2 is 2.14 bits per heavy atom. The van der Waals surface area contributed by atoms with Crippen molar-refractivity contribution in [2.75, 3.05) is 19.6 Å². The molecule has 0 saturated heterocycles. The molecule has 0 bridgehead atoms. The molecule has 0 fully saturated rings. The van der Waals surface area contributed by atoms with Gasteiger partial charge in [-0.15, -0.1) is 11.3 Å². The molecule has 114 valence electrons. The van der Waals surface area contributed by atoms with Crippen molar-refractivity contribution < 1.29 is 9.59 Å². The topological polar surface area (TPSA) is 89.4 Å². The fourth-order valence-electron chi connectivity index (χ4n) is 1.79. The van der Waals surface area contributed by atoms with Crippen LogP contribution in [-0.2, 0) is 4.79 Å². The zero-order valence-corrected chi connectivity index (χ0v) is 13.3. The first-order chi connectivity index (χ1) is 9.99. The van der Waals surface area contributed by atoms with E-state index in [-0.39, 0.29) is 19.0 Å². The molecule has 4 N–H and O–H groups in total. The van der Waals surface area contributed by atoms with E-state index in [9.17, 15) is 9.59 Å². The summed E-state index contributed by atoms with van der Waals surface area (Å²) in [5.74, 6) is 5.06. The molecule has 2 amide bonds. The molecule has 1 heterocycles. The molecular weight excluding hydrogens is 286 g/mol. The maximum Gasteiger partial charge on any atom is 0.264 e. The SMILES string of the molecule is CCCCN(CC(N)=O)C(=O)c1cc(C)c(C#CCN)s1. The Hall–Kier alpha value is -1.84. The second-order valence-corrected chi connectivity index (χ2v) is 5.73. The lowest BCUT2D eigenvalue weighted by Gasteiger charge is -2.20. The van der Waals surface area contributed by atoms with E-state index in [2.05, 4.69) is 11.8 Å². The van der Waals surface area contributed by atoms with E-state index >= 15 is 0 Å². The summed E-state index contributed by atoms with van der Waals surface area (Å²) in [5.41, 5.74) is 11.5. The highest BCUT2D eigenvalue weighted by atomic mass is 32.1. The van der Waals surface area contributed by atoms with Crippen molar-refractivity contribution >= 4 is 23.2 Å². The molecule has 0 aliphatic carbocycles. The average Bonchev–Trinajstić information content (AvgIpc) is 2.81. The highest BCUT2D eigenvalue weighted by Gasteiger charge is 2.20. The molecule has 5 nitrogen and oxygen atoms in total. The van der Waals surface area contributed by atoms with Crippen molar-refractivity contribution in [3.8, 4) is 11.8 Å². The van der Waals surface area contributed by atoms with Crippen LogP contribution < -0.4 is 11.5 Å². The second kappa shape index (κ2) is 8.45. The maximum atomic E-state index is 12.5. The number of carbonyl (C=O) groups is 2. The lowest BCUT2D eigenvalue weighted by molar-refractivity contribution is -0.118. The van der Waals surface area contributed by atoms with Gasteiger partial charge in [0.15, 0.2) is 0 Å². The number of nitrogens with zero attached hydrogens (tertiary/aromatic N) is 1. The Morgan fingerprint density at radius 1 is 1.43 bits per heavy atom. The van der Waals surface area contributed by atoms with Crippen LogP contribution in [0.1, 0.15) is 39.9 Å². The van der Waals surface area contributed by atoms with Gasteiger partial charge in [0.2, 0.25) is 5.91 Å². The Labute approximate surface area is 129 Å². The van der Waals surface area contributed by atoms with Crippen molar-refractivity contribution in [3.05, 3.63) is 21.4 Å². The van der Waals surface area contributed by atoms with Gasteiger partial charge < -0.3 is 16.4 Å². The number of hydrogen-bond donors (Lipinski definition) is 2.